The second-order valence-corrected chi connectivity index (χ2v) is 11.4. The van der Waals surface area contributed by atoms with Gasteiger partial charge in [-0.3, -0.25) is 9.59 Å². The van der Waals surface area contributed by atoms with Crippen LogP contribution in [0.1, 0.15) is 82.8 Å². The van der Waals surface area contributed by atoms with E-state index < -0.39 is 0 Å². The van der Waals surface area contributed by atoms with Gasteiger partial charge in [0.05, 0.1) is 6.42 Å². The lowest BCUT2D eigenvalue weighted by molar-refractivity contribution is -0.142. The first-order valence-electron chi connectivity index (χ1n) is 15.0. The highest BCUT2D eigenvalue weighted by Gasteiger charge is 2.18. The van der Waals surface area contributed by atoms with Gasteiger partial charge >= 0.3 is 5.97 Å². The van der Waals surface area contributed by atoms with Gasteiger partial charge in [0.25, 0.3) is 0 Å². The van der Waals surface area contributed by atoms with Crippen molar-refractivity contribution in [3.63, 3.8) is 0 Å². The molecule has 4 rings (SSSR count). The predicted octanol–water partition coefficient (Wildman–Crippen LogP) is 4.44. The highest BCUT2D eigenvalue weighted by molar-refractivity contribution is 5.96. The van der Waals surface area contributed by atoms with Crippen LogP contribution in [0.2, 0.25) is 0 Å². The molecular weight excluding hydrogens is 498 g/mol. The Hall–Kier alpha value is -3.22. The number of unbranched alkanes of at least 4 members (excludes halogenated alkanes) is 4. The maximum Gasteiger partial charge on any atom is 0.311 e. The molecule has 6 heteroatoms. The summed E-state index contributed by atoms with van der Waals surface area (Å²) in [5.74, 6) is 0.170. The topological polar surface area (TPSA) is 98.6 Å². The first-order chi connectivity index (χ1) is 19.3. The lowest BCUT2D eigenvalue weighted by atomic mass is 9.94. The Kier molecular flexibility index (Phi) is 10.7. The van der Waals surface area contributed by atoms with E-state index in [0.29, 0.717) is 25.3 Å². The number of nitrogens with two attached hydrogens (primary N) is 2. The Labute approximate surface area is 238 Å². The third-order valence-electron chi connectivity index (χ3n) is 7.84. The molecule has 0 heterocycles. The molecule has 4 N–H and O–H groups in total. The molecule has 0 saturated heterocycles. The van der Waals surface area contributed by atoms with E-state index in [0.717, 1.165) is 43.7 Å². The van der Waals surface area contributed by atoms with Gasteiger partial charge in [-0.15, -0.1) is 0 Å². The number of hydrogen-bond donors (Lipinski definition) is 2. The van der Waals surface area contributed by atoms with Crippen LogP contribution in [0.5, 0.6) is 0 Å². The number of allylic oxidation sites excluding steroid dienone is 3. The van der Waals surface area contributed by atoms with Crippen molar-refractivity contribution in [1.29, 1.82) is 0 Å². The zero-order valence-electron chi connectivity index (χ0n) is 24.2. The summed E-state index contributed by atoms with van der Waals surface area (Å²) in [6, 6.07) is 8.88. The molecular formula is C34H45N3O3. The van der Waals surface area contributed by atoms with E-state index in [9.17, 15) is 9.59 Å². The molecule has 6 nitrogen and oxygen atoms in total. The van der Waals surface area contributed by atoms with E-state index in [1.165, 1.54) is 33.5 Å². The lowest BCUT2D eigenvalue weighted by Crippen LogP contribution is -2.35. The molecule has 2 aliphatic rings. The fourth-order valence-corrected chi connectivity index (χ4v) is 5.52. The van der Waals surface area contributed by atoms with Crippen LogP contribution in [0.3, 0.4) is 0 Å². The zero-order valence-corrected chi connectivity index (χ0v) is 24.2. The van der Waals surface area contributed by atoms with Gasteiger partial charge in [-0.2, -0.15) is 0 Å². The van der Waals surface area contributed by atoms with Gasteiger partial charge in [-0.1, -0.05) is 68.2 Å². The van der Waals surface area contributed by atoms with Gasteiger partial charge < -0.3 is 21.1 Å². The van der Waals surface area contributed by atoms with Gasteiger partial charge in [-0.05, 0) is 84.0 Å². The molecule has 1 amide bonds. The monoisotopic (exact) mass is 543 g/mol. The molecule has 2 aliphatic carbocycles. The largest absolute Gasteiger partial charge is 0.427 e. The molecule has 0 saturated carbocycles. The molecule has 2 atom stereocenters. The summed E-state index contributed by atoms with van der Waals surface area (Å²) < 4.78 is 5.67. The highest BCUT2D eigenvalue weighted by atomic mass is 16.5. The molecule has 2 unspecified atom stereocenters. The first-order valence-corrected chi connectivity index (χ1v) is 15.0. The van der Waals surface area contributed by atoms with Crippen molar-refractivity contribution in [3.8, 4) is 0 Å². The second-order valence-electron chi connectivity index (χ2n) is 11.4. The Morgan fingerprint density at radius 1 is 0.875 bits per heavy atom. The highest BCUT2D eigenvalue weighted by Crippen LogP contribution is 2.23. The van der Waals surface area contributed by atoms with Crippen LogP contribution in [-0.2, 0) is 20.7 Å². The second kappa shape index (κ2) is 14.4. The minimum absolute atomic E-state index is 0.00759. The lowest BCUT2D eigenvalue weighted by Gasteiger charge is -2.23. The van der Waals surface area contributed by atoms with Crippen LogP contribution in [0.4, 0.5) is 0 Å². The van der Waals surface area contributed by atoms with Crippen LogP contribution in [0, 0.1) is 0 Å². The summed E-state index contributed by atoms with van der Waals surface area (Å²) >= 11 is 0. The average Bonchev–Trinajstić information content (AvgIpc) is 3.41. The van der Waals surface area contributed by atoms with Crippen LogP contribution in [0.15, 0.2) is 42.2 Å². The number of esters is 1. The number of fused-ring (bicyclic) bond motifs is 5. The van der Waals surface area contributed by atoms with E-state index in [4.69, 9.17) is 16.2 Å². The maximum absolute atomic E-state index is 13.0. The number of rotatable bonds is 15. The Bertz CT molecular complexity index is 1390. The van der Waals surface area contributed by atoms with Gasteiger partial charge in [0.2, 0.25) is 5.91 Å². The summed E-state index contributed by atoms with van der Waals surface area (Å²) in [5, 5.41) is 4.80. The average molecular weight is 544 g/mol. The summed E-state index contributed by atoms with van der Waals surface area (Å²) in [6.45, 7) is 5.32. The van der Waals surface area contributed by atoms with Crippen LogP contribution < -0.4 is 21.9 Å². The Morgan fingerprint density at radius 2 is 1.60 bits per heavy atom. The number of benzene rings is 2. The molecule has 0 radical (unpaired) electrons. The maximum atomic E-state index is 13.0. The molecule has 2 aromatic rings. The third kappa shape index (κ3) is 8.15. The van der Waals surface area contributed by atoms with Crippen LogP contribution >= 0.6 is 0 Å². The first kappa shape index (κ1) is 29.8. The summed E-state index contributed by atoms with van der Waals surface area (Å²) in [6.07, 6.45) is 18.5. The van der Waals surface area contributed by atoms with Crippen molar-refractivity contribution in [3.05, 3.63) is 63.7 Å². The van der Waals surface area contributed by atoms with E-state index in [2.05, 4.69) is 42.5 Å². The van der Waals surface area contributed by atoms with Crippen molar-refractivity contribution in [2.24, 2.45) is 11.5 Å². The molecule has 2 aromatic carbocycles. The fourth-order valence-electron chi connectivity index (χ4n) is 5.52. The van der Waals surface area contributed by atoms with Crippen molar-refractivity contribution < 1.29 is 14.3 Å². The van der Waals surface area contributed by atoms with Crippen molar-refractivity contribution in [1.82, 2.24) is 4.90 Å². The summed E-state index contributed by atoms with van der Waals surface area (Å²) in [5.41, 5.74) is 14.3. The fraction of sp³-hybridized carbons (Fsp3) is 0.471. The molecule has 214 valence electrons. The number of carbonyl (C=O) groups excluding carboxylic acids is 2. The predicted molar refractivity (Wildman–Crippen MR) is 164 cm³/mol. The van der Waals surface area contributed by atoms with E-state index in [1.807, 2.05) is 30.9 Å². The number of carbonyl (C=O) groups is 2. The minimum atomic E-state index is -0.375. The van der Waals surface area contributed by atoms with Gasteiger partial charge in [0.1, 0.15) is 5.76 Å². The van der Waals surface area contributed by atoms with Gasteiger partial charge in [-0.25, -0.2) is 0 Å². The SMILES string of the molecule is CC(N)CCCCCCCN(CCC(C)N)C(=O)CCC(=O)OC1=CCc2c(ccc3c4c(ccc23)=CC=C4)=C1. The van der Waals surface area contributed by atoms with E-state index >= 15 is 0 Å². The van der Waals surface area contributed by atoms with E-state index in [1.54, 1.807) is 0 Å². The molecule has 0 aromatic heterocycles. The molecule has 0 bridgehead atoms. The molecule has 40 heavy (non-hydrogen) atoms. The zero-order chi connectivity index (χ0) is 28.5. The summed E-state index contributed by atoms with van der Waals surface area (Å²) in [7, 11) is 0. The number of hydrogen-bond acceptors (Lipinski definition) is 5. The van der Waals surface area contributed by atoms with Crippen molar-refractivity contribution in [2.75, 3.05) is 13.1 Å². The standard InChI is InChI=1S/C34H45N3O3/c1-24(35)9-6-4-3-5-7-21-37(22-20-25(2)36)33(38)18-19-34(39)40-28-14-17-30-27(23-28)13-16-31-29-11-8-10-26(29)12-15-32(30)31/h8,10-16,23-25H,3-7,9,17-22,35-36H2,1-2H3. The van der Waals surface area contributed by atoms with Gasteiger partial charge in [0.15, 0.2) is 0 Å². The Balaban J connectivity index is 1.27. The van der Waals surface area contributed by atoms with Gasteiger partial charge in [0, 0.05) is 31.6 Å². The van der Waals surface area contributed by atoms with E-state index in [-0.39, 0.29) is 36.8 Å². The minimum Gasteiger partial charge on any atom is -0.427 e. The molecule has 0 spiro atoms. The number of ether oxygens (including phenoxy) is 1. The van der Waals surface area contributed by atoms with Crippen LogP contribution in [0.25, 0.3) is 29.0 Å². The normalized spacial score (nSPS) is 14.9. The number of amides is 1. The Morgan fingerprint density at radius 3 is 2.40 bits per heavy atom. The van der Waals surface area contributed by atoms with Crippen molar-refractivity contribution >= 4 is 40.9 Å². The third-order valence-corrected chi connectivity index (χ3v) is 7.84. The molecule has 0 aliphatic heterocycles. The smallest absolute Gasteiger partial charge is 0.311 e. The quantitative estimate of drug-likeness (QED) is 0.256. The van der Waals surface area contributed by atoms with Crippen molar-refractivity contribution in [2.45, 2.75) is 90.1 Å². The summed E-state index contributed by atoms with van der Waals surface area (Å²) in [4.78, 5) is 27.5. The molecule has 0 fully saturated rings. The van der Waals surface area contributed by atoms with Crippen LogP contribution in [-0.4, -0.2) is 41.9 Å². The number of nitrogens with zero attached hydrogens (tertiary/aromatic N) is 1.